The predicted octanol–water partition coefficient (Wildman–Crippen LogP) is 3.58. The van der Waals surface area contributed by atoms with Crippen LogP contribution in [0, 0.1) is 0 Å². The van der Waals surface area contributed by atoms with Gasteiger partial charge in [-0.3, -0.25) is 4.79 Å². The van der Waals surface area contributed by atoms with Crippen LogP contribution in [0.25, 0.3) is 0 Å². The number of methoxy groups -OCH3 is 1. The van der Waals surface area contributed by atoms with E-state index in [4.69, 9.17) is 0 Å². The molecule has 0 spiro atoms. The summed E-state index contributed by atoms with van der Waals surface area (Å²) in [7, 11) is 1.27. The lowest BCUT2D eigenvalue weighted by Crippen LogP contribution is -2.09. The summed E-state index contributed by atoms with van der Waals surface area (Å²) in [4.78, 5) is 15.1. The molecular formula is C13H17F3N2O2S. The van der Waals surface area contributed by atoms with Gasteiger partial charge < -0.3 is 10.1 Å². The molecule has 4 nitrogen and oxygen atoms in total. The summed E-state index contributed by atoms with van der Waals surface area (Å²) in [5.74, 6) is 0.0971. The molecule has 0 bridgehead atoms. The summed E-state index contributed by atoms with van der Waals surface area (Å²) in [5.41, 5.74) is -0.753. The zero-order chi connectivity index (χ0) is 15.9. The number of carbonyl (C=O) groups is 1. The van der Waals surface area contributed by atoms with Crippen molar-refractivity contribution in [2.75, 3.05) is 24.7 Å². The Labute approximate surface area is 125 Å². The largest absolute Gasteiger partial charge is 0.469 e. The van der Waals surface area contributed by atoms with Crippen LogP contribution in [-0.2, 0) is 15.7 Å². The van der Waals surface area contributed by atoms with E-state index in [1.54, 1.807) is 0 Å². The van der Waals surface area contributed by atoms with Crippen LogP contribution < -0.4 is 5.32 Å². The van der Waals surface area contributed by atoms with Crippen LogP contribution in [0.15, 0.2) is 17.2 Å². The zero-order valence-electron chi connectivity index (χ0n) is 11.8. The molecule has 0 amide bonds. The summed E-state index contributed by atoms with van der Waals surface area (Å²) < 4.78 is 43.0. The van der Waals surface area contributed by atoms with Crippen molar-refractivity contribution in [3.05, 3.63) is 17.7 Å². The van der Waals surface area contributed by atoms with E-state index in [1.165, 1.54) is 7.11 Å². The Hall–Kier alpha value is -1.44. The highest BCUT2D eigenvalue weighted by atomic mass is 32.2. The van der Waals surface area contributed by atoms with E-state index in [0.717, 1.165) is 30.3 Å². The van der Waals surface area contributed by atoms with Gasteiger partial charge in [-0.15, -0.1) is 11.8 Å². The van der Waals surface area contributed by atoms with Gasteiger partial charge in [-0.05, 0) is 18.6 Å². The maximum absolute atomic E-state index is 12.8. The molecule has 1 heterocycles. The van der Waals surface area contributed by atoms with Gasteiger partial charge in [0.25, 0.3) is 0 Å². The first-order valence-electron chi connectivity index (χ1n) is 6.39. The summed E-state index contributed by atoms with van der Waals surface area (Å²) in [6.07, 6.45) is -3.52. The lowest BCUT2D eigenvalue weighted by Gasteiger charge is -2.12. The molecule has 0 atom stereocenters. The number of ether oxygens (including phenoxy) is 1. The Morgan fingerprint density at radius 2 is 2.14 bits per heavy atom. The standard InChI is InChI=1S/C13H17F3N2O2S/c1-3-5-17-10-7-9(13(14,15)16)8-11(18-10)21-6-4-12(19)20-2/h7-8H,3-6H2,1-2H3,(H,17,18). The highest BCUT2D eigenvalue weighted by Crippen LogP contribution is 2.33. The van der Waals surface area contributed by atoms with Crippen molar-refractivity contribution in [1.29, 1.82) is 0 Å². The molecule has 1 aromatic heterocycles. The van der Waals surface area contributed by atoms with Gasteiger partial charge in [0.1, 0.15) is 5.82 Å². The second-order valence-electron chi connectivity index (χ2n) is 4.18. The Kier molecular flexibility index (Phi) is 6.80. The summed E-state index contributed by atoms with van der Waals surface area (Å²) in [6, 6.07) is 1.97. The Bertz CT molecular complexity index is 481. The van der Waals surface area contributed by atoms with Gasteiger partial charge in [0.05, 0.1) is 24.1 Å². The first-order valence-corrected chi connectivity index (χ1v) is 7.38. The molecule has 0 saturated heterocycles. The zero-order valence-corrected chi connectivity index (χ0v) is 12.6. The SMILES string of the molecule is CCCNc1cc(C(F)(F)F)cc(SCCC(=O)OC)n1. The van der Waals surface area contributed by atoms with E-state index >= 15 is 0 Å². The monoisotopic (exact) mass is 322 g/mol. The van der Waals surface area contributed by atoms with Gasteiger partial charge >= 0.3 is 12.1 Å². The van der Waals surface area contributed by atoms with Crippen molar-refractivity contribution in [3.63, 3.8) is 0 Å². The van der Waals surface area contributed by atoms with E-state index in [9.17, 15) is 18.0 Å². The summed E-state index contributed by atoms with van der Waals surface area (Å²) >= 11 is 1.09. The normalized spacial score (nSPS) is 11.3. The average Bonchev–Trinajstić information content (AvgIpc) is 2.43. The molecule has 1 N–H and O–H groups in total. The highest BCUT2D eigenvalue weighted by molar-refractivity contribution is 7.99. The Morgan fingerprint density at radius 3 is 2.71 bits per heavy atom. The number of hydrogen-bond donors (Lipinski definition) is 1. The Morgan fingerprint density at radius 1 is 1.43 bits per heavy atom. The minimum Gasteiger partial charge on any atom is -0.469 e. The molecule has 1 aromatic rings. The first kappa shape index (κ1) is 17.6. The first-order chi connectivity index (χ1) is 9.86. The average molecular weight is 322 g/mol. The topological polar surface area (TPSA) is 51.2 Å². The number of rotatable bonds is 7. The third-order valence-electron chi connectivity index (χ3n) is 2.47. The summed E-state index contributed by atoms with van der Waals surface area (Å²) in [5, 5.41) is 3.07. The molecule has 0 aliphatic carbocycles. The van der Waals surface area contributed by atoms with Gasteiger partial charge in [0.2, 0.25) is 0 Å². The van der Waals surface area contributed by atoms with E-state index in [0.29, 0.717) is 12.3 Å². The molecule has 0 aliphatic heterocycles. The van der Waals surface area contributed by atoms with Gasteiger partial charge in [-0.25, -0.2) is 4.98 Å². The third-order valence-corrected chi connectivity index (χ3v) is 3.38. The van der Waals surface area contributed by atoms with Crippen LogP contribution in [0.4, 0.5) is 19.0 Å². The fourth-order valence-corrected chi connectivity index (χ4v) is 2.28. The fraction of sp³-hybridized carbons (Fsp3) is 0.538. The van der Waals surface area contributed by atoms with Crippen LogP contribution in [-0.4, -0.2) is 30.4 Å². The molecular weight excluding hydrogens is 305 g/mol. The number of halogens is 3. The quantitative estimate of drug-likeness (QED) is 0.614. The fourth-order valence-electron chi connectivity index (χ4n) is 1.43. The predicted molar refractivity (Wildman–Crippen MR) is 75.4 cm³/mol. The van der Waals surface area contributed by atoms with E-state index in [-0.39, 0.29) is 17.3 Å². The number of alkyl halides is 3. The van der Waals surface area contributed by atoms with E-state index in [2.05, 4.69) is 15.0 Å². The smallest absolute Gasteiger partial charge is 0.416 e. The third kappa shape index (κ3) is 6.24. The molecule has 0 unspecified atom stereocenters. The molecule has 0 saturated carbocycles. The van der Waals surface area contributed by atoms with Gasteiger partial charge in [-0.1, -0.05) is 6.92 Å². The number of pyridine rings is 1. The molecule has 1 rings (SSSR count). The molecule has 21 heavy (non-hydrogen) atoms. The number of esters is 1. The Balaban J connectivity index is 2.83. The maximum Gasteiger partial charge on any atom is 0.416 e. The lowest BCUT2D eigenvalue weighted by atomic mass is 10.2. The van der Waals surface area contributed by atoms with Crippen LogP contribution in [0.2, 0.25) is 0 Å². The number of carbonyl (C=O) groups excluding carboxylic acids is 1. The van der Waals surface area contributed by atoms with Gasteiger partial charge in [0.15, 0.2) is 0 Å². The van der Waals surface area contributed by atoms with Gasteiger partial charge in [-0.2, -0.15) is 13.2 Å². The number of nitrogens with zero attached hydrogens (tertiary/aromatic N) is 1. The van der Waals surface area contributed by atoms with Crippen LogP contribution >= 0.6 is 11.8 Å². The van der Waals surface area contributed by atoms with E-state index in [1.807, 2.05) is 6.92 Å². The van der Waals surface area contributed by atoms with Crippen LogP contribution in [0.3, 0.4) is 0 Å². The van der Waals surface area contributed by atoms with E-state index < -0.39 is 17.7 Å². The minimum atomic E-state index is -4.43. The molecule has 0 fully saturated rings. The number of anilines is 1. The molecule has 8 heteroatoms. The number of hydrogen-bond acceptors (Lipinski definition) is 5. The highest BCUT2D eigenvalue weighted by Gasteiger charge is 2.31. The van der Waals surface area contributed by atoms with Crippen molar-refractivity contribution < 1.29 is 22.7 Å². The summed E-state index contributed by atoms with van der Waals surface area (Å²) in [6.45, 7) is 2.45. The van der Waals surface area contributed by atoms with Crippen LogP contribution in [0.5, 0.6) is 0 Å². The lowest BCUT2D eigenvalue weighted by molar-refractivity contribution is -0.140. The molecule has 0 aromatic carbocycles. The second kappa shape index (κ2) is 8.11. The molecule has 0 aliphatic rings. The second-order valence-corrected chi connectivity index (χ2v) is 5.29. The minimum absolute atomic E-state index is 0.122. The van der Waals surface area contributed by atoms with Gasteiger partial charge in [0, 0.05) is 12.3 Å². The molecule has 118 valence electrons. The van der Waals surface area contributed by atoms with Crippen molar-refractivity contribution in [2.24, 2.45) is 0 Å². The number of nitrogens with one attached hydrogen (secondary N) is 1. The molecule has 0 radical (unpaired) electrons. The number of aromatic nitrogens is 1. The maximum atomic E-state index is 12.8. The van der Waals surface area contributed by atoms with Crippen molar-refractivity contribution in [2.45, 2.75) is 31.0 Å². The van der Waals surface area contributed by atoms with Crippen molar-refractivity contribution in [1.82, 2.24) is 4.98 Å². The van der Waals surface area contributed by atoms with Crippen LogP contribution in [0.1, 0.15) is 25.3 Å². The van der Waals surface area contributed by atoms with Crippen molar-refractivity contribution in [3.8, 4) is 0 Å². The number of thioether (sulfide) groups is 1. The van der Waals surface area contributed by atoms with Crippen molar-refractivity contribution >= 4 is 23.5 Å².